The number of nitrogens with zero attached hydrogens (tertiary/aromatic N) is 2. The van der Waals surface area contributed by atoms with Gasteiger partial charge in [-0.3, -0.25) is 4.79 Å². The molecule has 0 unspecified atom stereocenters. The molecule has 0 amide bonds. The number of para-hydroxylation sites is 1. The van der Waals surface area contributed by atoms with Gasteiger partial charge in [-0.25, -0.2) is 0 Å². The number of aromatic nitrogens is 2. The molecule has 0 saturated carbocycles. The Morgan fingerprint density at radius 1 is 1.38 bits per heavy atom. The van der Waals surface area contributed by atoms with Gasteiger partial charge in [0.1, 0.15) is 5.60 Å². The van der Waals surface area contributed by atoms with E-state index in [0.29, 0.717) is 12.2 Å². The normalized spacial score (nSPS) is 11.9. The Balaban J connectivity index is 2.86. The average molecular weight is 287 g/mol. The van der Waals surface area contributed by atoms with Gasteiger partial charge in [0.2, 0.25) is 12.1 Å². The van der Waals surface area contributed by atoms with E-state index in [1.54, 1.807) is 20.8 Å². The minimum Gasteiger partial charge on any atom is -0.384 e. The highest BCUT2D eigenvalue weighted by Crippen LogP contribution is 2.22. The van der Waals surface area contributed by atoms with Crippen LogP contribution in [0, 0.1) is 0 Å². The zero-order chi connectivity index (χ0) is 15.8. The van der Waals surface area contributed by atoms with Crippen LogP contribution >= 0.6 is 0 Å². The second-order valence-corrected chi connectivity index (χ2v) is 6.02. The Bertz CT molecular complexity index is 705. The lowest BCUT2D eigenvalue weighted by atomic mass is 10.1. The van der Waals surface area contributed by atoms with Crippen molar-refractivity contribution in [2.45, 2.75) is 46.3 Å². The number of allylic oxidation sites excluding steroid dienone is 1. The summed E-state index contributed by atoms with van der Waals surface area (Å²) in [4.78, 5) is 12.1. The van der Waals surface area contributed by atoms with Crippen molar-refractivity contribution in [3.8, 4) is 0 Å². The minimum absolute atomic E-state index is 0.00436. The zero-order valence-corrected chi connectivity index (χ0v) is 13.2. The summed E-state index contributed by atoms with van der Waals surface area (Å²) in [6.45, 7) is 11.6. The summed E-state index contributed by atoms with van der Waals surface area (Å²) >= 11 is 0. The summed E-state index contributed by atoms with van der Waals surface area (Å²) in [5.74, 6) is -0.00436. The number of hydrogen-bond acceptors (Lipinski definition) is 2. The summed E-state index contributed by atoms with van der Waals surface area (Å²) in [7, 11) is 0. The van der Waals surface area contributed by atoms with Gasteiger partial charge in [0.05, 0.1) is 11.1 Å². The monoisotopic (exact) mass is 287 g/mol. The van der Waals surface area contributed by atoms with E-state index >= 15 is 0 Å². The highest BCUT2D eigenvalue weighted by Gasteiger charge is 2.31. The highest BCUT2D eigenvalue weighted by atomic mass is 16.3. The fourth-order valence-electron chi connectivity index (χ4n) is 2.58. The summed E-state index contributed by atoms with van der Waals surface area (Å²) in [6, 6.07) is 7.76. The number of Topliss-reactive ketones (excluding diaryl/α,β-unsaturated/α-hetero) is 1. The van der Waals surface area contributed by atoms with E-state index < -0.39 is 5.60 Å². The molecule has 0 aliphatic heterocycles. The molecule has 1 N–H and O–H groups in total. The molecule has 1 aromatic heterocycles. The molecule has 21 heavy (non-hydrogen) atoms. The average Bonchev–Trinajstić information content (AvgIpc) is 2.71. The molecule has 0 aliphatic rings. The molecule has 1 aromatic carbocycles. The maximum atomic E-state index is 12.1. The summed E-state index contributed by atoms with van der Waals surface area (Å²) < 4.78 is 3.79. The fourth-order valence-corrected chi connectivity index (χ4v) is 2.58. The summed E-state index contributed by atoms with van der Waals surface area (Å²) in [6.07, 6.45) is 0.729. The zero-order valence-electron chi connectivity index (χ0n) is 13.2. The van der Waals surface area contributed by atoms with Crippen LogP contribution < -0.4 is 4.68 Å². The van der Waals surface area contributed by atoms with Gasteiger partial charge in [0, 0.05) is 13.0 Å². The third kappa shape index (κ3) is 2.90. The predicted octanol–water partition coefficient (Wildman–Crippen LogP) is 2.78. The quantitative estimate of drug-likeness (QED) is 0.679. The molecule has 0 aliphatic carbocycles. The van der Waals surface area contributed by atoms with E-state index in [1.165, 1.54) is 0 Å². The number of hydrogen-bond donors (Lipinski definition) is 1. The first-order valence-corrected chi connectivity index (χ1v) is 7.21. The van der Waals surface area contributed by atoms with E-state index in [2.05, 4.69) is 6.58 Å². The van der Waals surface area contributed by atoms with E-state index in [4.69, 9.17) is 0 Å². The van der Waals surface area contributed by atoms with Crippen molar-refractivity contribution >= 4 is 22.4 Å². The number of carbonyl (C=O) groups excluding carboxylic acids is 1. The second-order valence-electron chi connectivity index (χ2n) is 6.02. The van der Waals surface area contributed by atoms with Crippen molar-refractivity contribution in [2.75, 3.05) is 0 Å². The minimum atomic E-state index is -0.883. The molecule has 2 aromatic rings. The molecule has 4 nitrogen and oxygen atoms in total. The Kier molecular flexibility index (Phi) is 4.01. The molecular weight excluding hydrogens is 264 g/mol. The first-order chi connectivity index (χ1) is 9.76. The maximum Gasteiger partial charge on any atom is 0.239 e. The number of fused-ring (bicyclic) bond motifs is 1. The van der Waals surface area contributed by atoms with E-state index in [0.717, 1.165) is 23.0 Å². The third-order valence-electron chi connectivity index (χ3n) is 3.47. The molecule has 4 heteroatoms. The van der Waals surface area contributed by atoms with Gasteiger partial charge < -0.3 is 5.11 Å². The lowest BCUT2D eigenvalue weighted by molar-refractivity contribution is -0.753. The van der Waals surface area contributed by atoms with Crippen molar-refractivity contribution < 1.29 is 14.6 Å². The molecule has 112 valence electrons. The molecule has 1 heterocycles. The lowest BCUT2D eigenvalue weighted by Gasteiger charge is -2.15. The smallest absolute Gasteiger partial charge is 0.239 e. The van der Waals surface area contributed by atoms with Crippen LogP contribution in [-0.2, 0) is 6.54 Å². The van der Waals surface area contributed by atoms with Gasteiger partial charge in [-0.2, -0.15) is 0 Å². The van der Waals surface area contributed by atoms with Crippen LogP contribution in [-0.4, -0.2) is 21.2 Å². The van der Waals surface area contributed by atoms with Crippen LogP contribution in [0.1, 0.15) is 44.6 Å². The topological polar surface area (TPSA) is 46.1 Å². The molecule has 0 radical (unpaired) electrons. The Morgan fingerprint density at radius 2 is 2.00 bits per heavy atom. The van der Waals surface area contributed by atoms with Gasteiger partial charge >= 0.3 is 0 Å². The number of benzene rings is 1. The number of carbonyl (C=O) groups is 1. The van der Waals surface area contributed by atoms with Crippen LogP contribution in [0.3, 0.4) is 0 Å². The maximum absolute atomic E-state index is 12.1. The van der Waals surface area contributed by atoms with E-state index in [-0.39, 0.29) is 5.78 Å². The summed E-state index contributed by atoms with van der Waals surface area (Å²) in [5, 5.41) is 11.1. The highest BCUT2D eigenvalue weighted by molar-refractivity contribution is 6.04. The number of ketones is 1. The molecule has 0 spiro atoms. The van der Waals surface area contributed by atoms with Gasteiger partial charge in [-0.1, -0.05) is 30.3 Å². The first kappa shape index (κ1) is 15.4. The summed E-state index contributed by atoms with van der Waals surface area (Å²) in [5.41, 5.74) is 1.51. The van der Waals surface area contributed by atoms with E-state index in [1.807, 2.05) is 40.6 Å². The fraction of sp³-hybridized carbons (Fsp3) is 0.412. The van der Waals surface area contributed by atoms with Crippen LogP contribution in [0.15, 0.2) is 30.8 Å². The molecule has 0 saturated heterocycles. The van der Waals surface area contributed by atoms with Crippen molar-refractivity contribution in [1.29, 1.82) is 0 Å². The largest absolute Gasteiger partial charge is 0.384 e. The molecule has 0 fully saturated rings. The van der Waals surface area contributed by atoms with Crippen LogP contribution in [0.25, 0.3) is 16.6 Å². The van der Waals surface area contributed by atoms with Gasteiger partial charge in [0.15, 0.2) is 11.5 Å². The Hall–Kier alpha value is -1.94. The second kappa shape index (κ2) is 5.45. The predicted molar refractivity (Wildman–Crippen MR) is 84.1 cm³/mol. The lowest BCUT2D eigenvalue weighted by Crippen LogP contribution is -2.51. The molecule has 2 rings (SSSR count). The van der Waals surface area contributed by atoms with Crippen molar-refractivity contribution in [3.63, 3.8) is 0 Å². The molecule has 0 bridgehead atoms. The van der Waals surface area contributed by atoms with Gasteiger partial charge in [0.25, 0.3) is 0 Å². The van der Waals surface area contributed by atoms with E-state index in [9.17, 15) is 9.90 Å². The van der Waals surface area contributed by atoms with Crippen molar-refractivity contribution in [3.05, 3.63) is 36.5 Å². The Labute approximate surface area is 125 Å². The van der Waals surface area contributed by atoms with Crippen LogP contribution in [0.2, 0.25) is 0 Å². The van der Waals surface area contributed by atoms with Crippen LogP contribution in [0.4, 0.5) is 0 Å². The third-order valence-corrected chi connectivity index (χ3v) is 3.47. The van der Waals surface area contributed by atoms with Gasteiger partial charge in [-0.15, -0.1) is 4.68 Å². The van der Waals surface area contributed by atoms with Gasteiger partial charge in [-0.05, 0) is 26.3 Å². The number of rotatable bonds is 5. The number of aliphatic hydroxyl groups is 1. The van der Waals surface area contributed by atoms with Crippen molar-refractivity contribution in [2.24, 2.45) is 0 Å². The molecule has 0 atom stereocenters. The first-order valence-electron chi connectivity index (χ1n) is 7.21. The Morgan fingerprint density at radius 3 is 2.52 bits per heavy atom. The van der Waals surface area contributed by atoms with Crippen molar-refractivity contribution in [1.82, 2.24) is 4.68 Å². The standard InChI is InChI=1S/C17H23N2O2/c1-6-12(2)19-16(13(3)20)14-9-7-8-10-15(14)18(19)11-17(4,5)21/h7-10,21H,2,6,11H2,1,3-5H3/q+1. The SMILES string of the molecule is C=C(CC)n1c(C(C)=O)c2ccccc2[n+]1CC(C)(C)O. The van der Waals surface area contributed by atoms with Crippen LogP contribution in [0.5, 0.6) is 0 Å². The molecular formula is C17H23N2O2+.